The van der Waals surface area contributed by atoms with Crippen molar-refractivity contribution in [2.45, 2.75) is 57.0 Å². The van der Waals surface area contributed by atoms with Crippen LogP contribution in [0.1, 0.15) is 51.4 Å². The van der Waals surface area contributed by atoms with E-state index in [9.17, 15) is 4.79 Å². The molecule has 0 unspecified atom stereocenters. The highest BCUT2D eigenvalue weighted by atomic mass is 16.5. The van der Waals surface area contributed by atoms with Gasteiger partial charge in [0.25, 0.3) is 0 Å². The second-order valence-corrected chi connectivity index (χ2v) is 8.69. The molecule has 1 spiro atoms. The Morgan fingerprint density at radius 2 is 1.82 bits per heavy atom. The lowest BCUT2D eigenvalue weighted by Gasteiger charge is -2.42. The summed E-state index contributed by atoms with van der Waals surface area (Å²) in [7, 11) is 0. The molecule has 3 aliphatic rings. The molecule has 3 heterocycles. The molecule has 1 aromatic heterocycles. The standard InChI is InChI=1S/C22H34N4O2/c27-21(26-15-16-28-22(18-26)9-3-1-2-4-10-22)24-17-19-7-13-25(14-8-19)20-5-11-23-12-6-20/h5-6,11-12,19H,1-4,7-10,13-18H2,(H,24,27). The quantitative estimate of drug-likeness (QED) is 0.865. The van der Waals surface area contributed by atoms with E-state index in [1.807, 2.05) is 17.3 Å². The number of hydrogen-bond donors (Lipinski definition) is 1. The fraction of sp³-hybridized carbons (Fsp3) is 0.727. The Labute approximate surface area is 168 Å². The maximum Gasteiger partial charge on any atom is 0.317 e. The molecule has 0 aromatic carbocycles. The van der Waals surface area contributed by atoms with E-state index >= 15 is 0 Å². The van der Waals surface area contributed by atoms with Crippen molar-refractivity contribution in [3.63, 3.8) is 0 Å². The molecular weight excluding hydrogens is 352 g/mol. The minimum atomic E-state index is -0.0814. The number of pyridine rings is 1. The predicted octanol–water partition coefficient (Wildman–Crippen LogP) is 3.43. The van der Waals surface area contributed by atoms with E-state index in [1.54, 1.807) is 0 Å². The van der Waals surface area contributed by atoms with Crippen molar-refractivity contribution >= 4 is 11.7 Å². The maximum atomic E-state index is 12.8. The van der Waals surface area contributed by atoms with Gasteiger partial charge in [0.15, 0.2) is 0 Å². The van der Waals surface area contributed by atoms with Gasteiger partial charge in [-0.15, -0.1) is 0 Å². The molecule has 1 aromatic rings. The van der Waals surface area contributed by atoms with E-state index in [2.05, 4.69) is 27.3 Å². The highest BCUT2D eigenvalue weighted by molar-refractivity contribution is 5.74. The lowest BCUT2D eigenvalue weighted by Crippen LogP contribution is -2.56. The van der Waals surface area contributed by atoms with Gasteiger partial charge in [-0.2, -0.15) is 0 Å². The van der Waals surface area contributed by atoms with E-state index in [0.29, 0.717) is 19.1 Å². The smallest absolute Gasteiger partial charge is 0.317 e. The van der Waals surface area contributed by atoms with Crippen LogP contribution in [0.4, 0.5) is 10.5 Å². The molecule has 3 fully saturated rings. The lowest BCUT2D eigenvalue weighted by atomic mass is 9.92. The van der Waals surface area contributed by atoms with Crippen molar-refractivity contribution in [1.82, 2.24) is 15.2 Å². The van der Waals surface area contributed by atoms with Crippen molar-refractivity contribution in [2.24, 2.45) is 5.92 Å². The number of aromatic nitrogens is 1. The maximum absolute atomic E-state index is 12.8. The molecule has 2 saturated heterocycles. The molecule has 1 saturated carbocycles. The van der Waals surface area contributed by atoms with E-state index < -0.39 is 0 Å². The molecule has 6 heteroatoms. The largest absolute Gasteiger partial charge is 0.371 e. The molecular formula is C22H34N4O2. The molecule has 2 aliphatic heterocycles. The first-order valence-corrected chi connectivity index (χ1v) is 11.1. The van der Waals surface area contributed by atoms with Gasteiger partial charge >= 0.3 is 6.03 Å². The average molecular weight is 387 g/mol. The van der Waals surface area contributed by atoms with Crippen molar-refractivity contribution in [2.75, 3.05) is 44.2 Å². The van der Waals surface area contributed by atoms with Crippen LogP contribution in [0.5, 0.6) is 0 Å². The summed E-state index contributed by atoms with van der Waals surface area (Å²) in [6.45, 7) is 5.04. The molecule has 2 amide bonds. The van der Waals surface area contributed by atoms with E-state index in [0.717, 1.165) is 51.9 Å². The second-order valence-electron chi connectivity index (χ2n) is 8.69. The molecule has 1 aliphatic carbocycles. The minimum Gasteiger partial charge on any atom is -0.371 e. The first-order chi connectivity index (χ1) is 13.7. The first kappa shape index (κ1) is 19.5. The molecule has 0 bridgehead atoms. The van der Waals surface area contributed by atoms with Crippen LogP contribution in [0.25, 0.3) is 0 Å². The summed E-state index contributed by atoms with van der Waals surface area (Å²) >= 11 is 0. The highest BCUT2D eigenvalue weighted by Crippen LogP contribution is 2.33. The van der Waals surface area contributed by atoms with Gasteiger partial charge in [0.05, 0.1) is 18.8 Å². The van der Waals surface area contributed by atoms with E-state index in [-0.39, 0.29) is 11.6 Å². The first-order valence-electron chi connectivity index (χ1n) is 11.1. The fourth-order valence-corrected chi connectivity index (χ4v) is 4.99. The number of anilines is 1. The van der Waals surface area contributed by atoms with Gasteiger partial charge in [0, 0.05) is 44.3 Å². The zero-order valence-electron chi connectivity index (χ0n) is 16.9. The second kappa shape index (κ2) is 9.12. The van der Waals surface area contributed by atoms with Crippen LogP contribution in [0.15, 0.2) is 24.5 Å². The Morgan fingerprint density at radius 1 is 1.11 bits per heavy atom. The number of nitrogens with zero attached hydrogens (tertiary/aromatic N) is 3. The third-order valence-electron chi connectivity index (χ3n) is 6.73. The average Bonchev–Trinajstić information content (AvgIpc) is 2.98. The number of carbonyl (C=O) groups excluding carboxylic acids is 1. The van der Waals surface area contributed by atoms with Gasteiger partial charge in [-0.1, -0.05) is 25.7 Å². The van der Waals surface area contributed by atoms with Crippen LogP contribution in [0, 0.1) is 5.92 Å². The molecule has 28 heavy (non-hydrogen) atoms. The monoisotopic (exact) mass is 386 g/mol. The predicted molar refractivity (Wildman–Crippen MR) is 111 cm³/mol. The molecule has 1 N–H and O–H groups in total. The van der Waals surface area contributed by atoms with Crippen LogP contribution in [0.2, 0.25) is 0 Å². The van der Waals surface area contributed by atoms with Crippen molar-refractivity contribution in [3.8, 4) is 0 Å². The summed E-state index contributed by atoms with van der Waals surface area (Å²) in [5.74, 6) is 0.565. The number of morpholine rings is 1. The number of amides is 2. The molecule has 0 atom stereocenters. The van der Waals surface area contributed by atoms with Crippen molar-refractivity contribution in [3.05, 3.63) is 24.5 Å². The van der Waals surface area contributed by atoms with Crippen LogP contribution in [0.3, 0.4) is 0 Å². The van der Waals surface area contributed by atoms with E-state index in [1.165, 1.54) is 31.4 Å². The van der Waals surface area contributed by atoms with Gasteiger partial charge < -0.3 is 19.9 Å². The van der Waals surface area contributed by atoms with Gasteiger partial charge in [-0.3, -0.25) is 4.98 Å². The van der Waals surface area contributed by atoms with Crippen molar-refractivity contribution < 1.29 is 9.53 Å². The Bertz CT molecular complexity index is 623. The normalized spacial score (nSPS) is 23.4. The number of carbonyl (C=O) groups is 1. The zero-order valence-corrected chi connectivity index (χ0v) is 16.9. The Kier molecular flexibility index (Phi) is 6.35. The van der Waals surface area contributed by atoms with Gasteiger partial charge in [0.1, 0.15) is 0 Å². The van der Waals surface area contributed by atoms with Gasteiger partial charge in [-0.25, -0.2) is 4.79 Å². The summed E-state index contributed by atoms with van der Waals surface area (Å²) in [5.41, 5.74) is 1.17. The zero-order chi connectivity index (χ0) is 19.2. The summed E-state index contributed by atoms with van der Waals surface area (Å²) in [4.78, 5) is 21.3. The van der Waals surface area contributed by atoms with Crippen LogP contribution in [-0.2, 0) is 4.74 Å². The molecule has 154 valence electrons. The third kappa shape index (κ3) is 4.77. The Hall–Kier alpha value is -1.82. The Balaban J connectivity index is 1.22. The number of ether oxygens (including phenoxy) is 1. The topological polar surface area (TPSA) is 57.7 Å². The highest BCUT2D eigenvalue weighted by Gasteiger charge is 2.38. The number of rotatable bonds is 3. The number of piperidine rings is 1. The SMILES string of the molecule is O=C(NCC1CCN(c2ccncc2)CC1)N1CCOC2(CCCCCC2)C1. The van der Waals surface area contributed by atoms with Crippen LogP contribution < -0.4 is 10.2 Å². The van der Waals surface area contributed by atoms with Gasteiger partial charge in [-0.05, 0) is 43.7 Å². The summed E-state index contributed by atoms with van der Waals surface area (Å²) < 4.78 is 6.18. The van der Waals surface area contributed by atoms with Gasteiger partial charge in [0.2, 0.25) is 0 Å². The molecule has 6 nitrogen and oxygen atoms in total. The Morgan fingerprint density at radius 3 is 2.54 bits per heavy atom. The lowest BCUT2D eigenvalue weighted by molar-refractivity contribution is -0.105. The summed E-state index contributed by atoms with van der Waals surface area (Å²) in [6, 6.07) is 4.25. The minimum absolute atomic E-state index is 0.0814. The van der Waals surface area contributed by atoms with Crippen LogP contribution >= 0.6 is 0 Å². The number of urea groups is 1. The van der Waals surface area contributed by atoms with E-state index in [4.69, 9.17) is 4.74 Å². The molecule has 0 radical (unpaired) electrons. The summed E-state index contributed by atoms with van der Waals surface area (Å²) in [6.07, 6.45) is 13.2. The summed E-state index contributed by atoms with van der Waals surface area (Å²) in [5, 5.41) is 3.22. The number of nitrogens with one attached hydrogen (secondary N) is 1. The number of hydrogen-bond acceptors (Lipinski definition) is 4. The molecule has 4 rings (SSSR count). The van der Waals surface area contributed by atoms with Crippen molar-refractivity contribution in [1.29, 1.82) is 0 Å². The van der Waals surface area contributed by atoms with Crippen LogP contribution in [-0.4, -0.2) is 60.8 Å². The fourth-order valence-electron chi connectivity index (χ4n) is 4.99. The third-order valence-corrected chi connectivity index (χ3v) is 6.73.